The molecule has 100 valence electrons. The average molecular weight is 256 g/mol. The van der Waals surface area contributed by atoms with Crippen molar-refractivity contribution in [1.29, 1.82) is 0 Å². The Morgan fingerprint density at radius 1 is 1.41 bits per heavy atom. The van der Waals surface area contributed by atoms with Crippen LogP contribution >= 0.6 is 0 Å². The largest absolute Gasteiger partial charge is 0.481 e. The van der Waals surface area contributed by atoms with E-state index in [1.807, 2.05) is 0 Å². The van der Waals surface area contributed by atoms with Crippen LogP contribution in [0.1, 0.15) is 6.92 Å². The number of nitrogens with zero attached hydrogens (tertiary/aromatic N) is 1. The Morgan fingerprint density at radius 2 is 1.94 bits per heavy atom. The Kier molecular flexibility index (Phi) is 5.94. The standard InChI is InChI=1S/C9H15F3N2O3/c1-3-14(2)7(15)5-13-4-6(8(16)17)9(10,11)12/h6,13H,3-5H2,1-2H3,(H,16,17). The Hall–Kier alpha value is -1.31. The first-order valence-corrected chi connectivity index (χ1v) is 4.94. The fourth-order valence-electron chi connectivity index (χ4n) is 0.978. The lowest BCUT2D eigenvalue weighted by Gasteiger charge is -2.18. The molecule has 17 heavy (non-hydrogen) atoms. The van der Waals surface area contributed by atoms with Gasteiger partial charge in [-0.25, -0.2) is 0 Å². The van der Waals surface area contributed by atoms with Gasteiger partial charge in [-0.15, -0.1) is 0 Å². The molecular weight excluding hydrogens is 241 g/mol. The molecule has 2 N–H and O–H groups in total. The summed E-state index contributed by atoms with van der Waals surface area (Å²) in [6, 6.07) is 0. The maximum absolute atomic E-state index is 12.2. The van der Waals surface area contributed by atoms with Crippen LogP contribution < -0.4 is 5.32 Å². The minimum atomic E-state index is -4.82. The Balaban J connectivity index is 4.17. The molecule has 0 saturated heterocycles. The zero-order valence-electron chi connectivity index (χ0n) is 9.54. The summed E-state index contributed by atoms with van der Waals surface area (Å²) in [5.41, 5.74) is 0. The SMILES string of the molecule is CCN(C)C(=O)CNCC(C(=O)O)C(F)(F)F. The van der Waals surface area contributed by atoms with Gasteiger partial charge in [-0.05, 0) is 6.92 Å². The van der Waals surface area contributed by atoms with Gasteiger partial charge in [0.05, 0.1) is 6.54 Å². The second-order valence-electron chi connectivity index (χ2n) is 3.47. The number of carbonyl (C=O) groups excluding carboxylic acids is 1. The van der Waals surface area contributed by atoms with Crippen LogP contribution in [0.5, 0.6) is 0 Å². The summed E-state index contributed by atoms with van der Waals surface area (Å²) >= 11 is 0. The number of halogens is 3. The Morgan fingerprint density at radius 3 is 2.29 bits per heavy atom. The molecule has 0 radical (unpaired) electrons. The lowest BCUT2D eigenvalue weighted by Crippen LogP contribution is -2.42. The van der Waals surface area contributed by atoms with Crippen LogP contribution in [0.25, 0.3) is 0 Å². The number of hydrogen-bond acceptors (Lipinski definition) is 3. The first kappa shape index (κ1) is 15.7. The van der Waals surface area contributed by atoms with Gasteiger partial charge in [0.25, 0.3) is 0 Å². The van der Waals surface area contributed by atoms with E-state index in [1.54, 1.807) is 6.92 Å². The van der Waals surface area contributed by atoms with Gasteiger partial charge in [-0.1, -0.05) is 0 Å². The maximum atomic E-state index is 12.2. The lowest BCUT2D eigenvalue weighted by atomic mass is 10.1. The summed E-state index contributed by atoms with van der Waals surface area (Å²) in [6.45, 7) is 1.02. The highest BCUT2D eigenvalue weighted by Gasteiger charge is 2.44. The number of alkyl halides is 3. The summed E-state index contributed by atoms with van der Waals surface area (Å²) in [5, 5.41) is 10.6. The molecule has 0 aliphatic heterocycles. The van der Waals surface area contributed by atoms with Crippen molar-refractivity contribution in [3.63, 3.8) is 0 Å². The van der Waals surface area contributed by atoms with Crippen LogP contribution in [0.15, 0.2) is 0 Å². The summed E-state index contributed by atoms with van der Waals surface area (Å²) in [4.78, 5) is 22.9. The van der Waals surface area contributed by atoms with Gasteiger partial charge in [-0.3, -0.25) is 9.59 Å². The fourth-order valence-corrected chi connectivity index (χ4v) is 0.978. The van der Waals surface area contributed by atoms with E-state index < -0.39 is 24.6 Å². The molecule has 0 aromatic heterocycles. The van der Waals surface area contributed by atoms with E-state index in [1.165, 1.54) is 11.9 Å². The highest BCUT2D eigenvalue weighted by Crippen LogP contribution is 2.25. The third kappa shape index (κ3) is 5.53. The first-order chi connectivity index (χ1) is 7.70. The number of hydrogen-bond donors (Lipinski definition) is 2. The maximum Gasteiger partial charge on any atom is 0.403 e. The molecule has 0 bridgehead atoms. The zero-order chi connectivity index (χ0) is 13.6. The van der Waals surface area contributed by atoms with Crippen molar-refractivity contribution in [3.8, 4) is 0 Å². The van der Waals surface area contributed by atoms with Crippen molar-refractivity contribution < 1.29 is 27.9 Å². The molecule has 0 aliphatic rings. The molecule has 0 aromatic rings. The van der Waals surface area contributed by atoms with E-state index in [4.69, 9.17) is 5.11 Å². The van der Waals surface area contributed by atoms with E-state index in [9.17, 15) is 22.8 Å². The van der Waals surface area contributed by atoms with Gasteiger partial charge in [0.1, 0.15) is 0 Å². The molecule has 0 aromatic carbocycles. The summed E-state index contributed by atoms with van der Waals surface area (Å²) in [6.07, 6.45) is -4.82. The number of amides is 1. The highest BCUT2D eigenvalue weighted by molar-refractivity contribution is 5.78. The van der Waals surface area contributed by atoms with Crippen molar-refractivity contribution in [2.24, 2.45) is 5.92 Å². The van der Waals surface area contributed by atoms with E-state index in [0.717, 1.165) is 0 Å². The fraction of sp³-hybridized carbons (Fsp3) is 0.778. The second kappa shape index (κ2) is 6.43. The zero-order valence-corrected chi connectivity index (χ0v) is 9.54. The normalized spacial score (nSPS) is 13.2. The molecule has 5 nitrogen and oxygen atoms in total. The number of carboxylic acids is 1. The van der Waals surface area contributed by atoms with Gasteiger partial charge < -0.3 is 15.3 Å². The molecule has 1 atom stereocenters. The van der Waals surface area contributed by atoms with Gasteiger partial charge in [0.15, 0.2) is 5.92 Å². The molecule has 1 amide bonds. The number of aliphatic carboxylic acids is 1. The molecule has 0 fully saturated rings. The molecule has 1 unspecified atom stereocenters. The minimum Gasteiger partial charge on any atom is -0.481 e. The van der Waals surface area contributed by atoms with Crippen LogP contribution in [-0.4, -0.2) is 54.7 Å². The van der Waals surface area contributed by atoms with E-state index in [-0.39, 0.29) is 12.5 Å². The molecule has 8 heteroatoms. The molecule has 0 saturated carbocycles. The van der Waals surface area contributed by atoms with Crippen LogP contribution in [0, 0.1) is 5.92 Å². The minimum absolute atomic E-state index is 0.315. The summed E-state index contributed by atoms with van der Waals surface area (Å²) in [5.74, 6) is -4.85. The number of carbonyl (C=O) groups is 2. The van der Waals surface area contributed by atoms with E-state index in [0.29, 0.717) is 6.54 Å². The lowest BCUT2D eigenvalue weighted by molar-refractivity contribution is -0.192. The van der Waals surface area contributed by atoms with Crippen molar-refractivity contribution in [1.82, 2.24) is 10.2 Å². The summed E-state index contributed by atoms with van der Waals surface area (Å²) < 4.78 is 36.6. The topological polar surface area (TPSA) is 69.6 Å². The van der Waals surface area contributed by atoms with Crippen LogP contribution in [0.4, 0.5) is 13.2 Å². The Labute approximate surface area is 96.6 Å². The van der Waals surface area contributed by atoms with E-state index in [2.05, 4.69) is 5.32 Å². The van der Waals surface area contributed by atoms with Crippen molar-refractivity contribution in [2.45, 2.75) is 13.1 Å². The second-order valence-corrected chi connectivity index (χ2v) is 3.47. The number of likely N-dealkylation sites (N-methyl/N-ethyl adjacent to an activating group) is 1. The molecule has 0 heterocycles. The quantitative estimate of drug-likeness (QED) is 0.718. The summed E-state index contributed by atoms with van der Waals surface area (Å²) in [7, 11) is 1.50. The molecule has 0 rings (SSSR count). The predicted molar refractivity (Wildman–Crippen MR) is 53.4 cm³/mol. The van der Waals surface area contributed by atoms with Crippen molar-refractivity contribution >= 4 is 11.9 Å². The first-order valence-electron chi connectivity index (χ1n) is 4.94. The third-order valence-electron chi connectivity index (χ3n) is 2.22. The third-order valence-corrected chi connectivity index (χ3v) is 2.22. The predicted octanol–water partition coefficient (Wildman–Crippen LogP) is 0.317. The highest BCUT2D eigenvalue weighted by atomic mass is 19.4. The monoisotopic (exact) mass is 256 g/mol. The van der Waals surface area contributed by atoms with Crippen molar-refractivity contribution in [2.75, 3.05) is 26.7 Å². The van der Waals surface area contributed by atoms with Gasteiger partial charge in [0.2, 0.25) is 5.91 Å². The number of carboxylic acid groups (broad SMARTS) is 1. The van der Waals surface area contributed by atoms with Crippen LogP contribution in [0.3, 0.4) is 0 Å². The number of nitrogens with one attached hydrogen (secondary N) is 1. The van der Waals surface area contributed by atoms with Gasteiger partial charge in [-0.2, -0.15) is 13.2 Å². The Bertz CT molecular complexity index is 281. The van der Waals surface area contributed by atoms with Crippen molar-refractivity contribution in [3.05, 3.63) is 0 Å². The van der Waals surface area contributed by atoms with Gasteiger partial charge >= 0.3 is 12.1 Å². The van der Waals surface area contributed by atoms with Gasteiger partial charge in [0, 0.05) is 20.1 Å². The van der Waals surface area contributed by atoms with Crippen LogP contribution in [-0.2, 0) is 9.59 Å². The molecular formula is C9H15F3N2O3. The average Bonchev–Trinajstić information content (AvgIpc) is 2.20. The number of rotatable bonds is 6. The van der Waals surface area contributed by atoms with Crippen LogP contribution in [0.2, 0.25) is 0 Å². The van der Waals surface area contributed by atoms with E-state index >= 15 is 0 Å². The smallest absolute Gasteiger partial charge is 0.403 e. The molecule has 0 aliphatic carbocycles. The molecule has 0 spiro atoms.